The van der Waals surface area contributed by atoms with Gasteiger partial charge in [-0.05, 0) is 71.8 Å². The van der Waals surface area contributed by atoms with Crippen LogP contribution in [0, 0.1) is 20.2 Å². The normalized spacial score (nSPS) is 13.4. The Morgan fingerprint density at radius 2 is 0.887 bits per heavy atom. The average Bonchev–Trinajstić information content (AvgIpc) is 3.58. The van der Waals surface area contributed by atoms with Crippen molar-refractivity contribution in [3.8, 4) is 33.6 Å². The number of amides is 4. The largest absolute Gasteiger partial charge is 0.283 e. The number of anilines is 2. The Labute approximate surface area is 303 Å². The predicted molar refractivity (Wildman–Crippen MR) is 194 cm³/mol. The fourth-order valence-electron chi connectivity index (χ4n) is 6.51. The fraction of sp³-hybridized carbons (Fsp3) is 0. The molecule has 4 amide bonds. The SMILES string of the molecule is O=C1c2cccc([N+](=O)[O-])c2C(=O)N1c1ccc(-c2cc(-c3ccc(Cl)cc3)cc(-c3ccc(N4C(=O)c5cccc([N+](=O)[O-])c5C4=O)cc3)n2)cc1. The molecule has 0 bridgehead atoms. The van der Waals surface area contributed by atoms with Crippen molar-refractivity contribution in [2.24, 2.45) is 0 Å². The van der Waals surface area contributed by atoms with E-state index < -0.39 is 44.9 Å². The van der Waals surface area contributed by atoms with Crippen molar-refractivity contribution >= 4 is 58.0 Å². The Kier molecular flexibility index (Phi) is 7.70. The van der Waals surface area contributed by atoms with Gasteiger partial charge in [-0.25, -0.2) is 14.8 Å². The van der Waals surface area contributed by atoms with Crippen molar-refractivity contribution in [2.75, 3.05) is 9.80 Å². The molecule has 0 radical (unpaired) electrons. The summed E-state index contributed by atoms with van der Waals surface area (Å²) in [5.74, 6) is -2.93. The molecule has 256 valence electrons. The molecule has 0 atom stereocenters. The van der Waals surface area contributed by atoms with Crippen LogP contribution in [0.1, 0.15) is 41.4 Å². The summed E-state index contributed by atoms with van der Waals surface area (Å²) in [6, 6.07) is 31.7. The summed E-state index contributed by atoms with van der Waals surface area (Å²) in [4.78, 5) is 81.4. The molecule has 0 saturated heterocycles. The topological polar surface area (TPSA) is 174 Å². The minimum atomic E-state index is -0.793. The van der Waals surface area contributed by atoms with Crippen molar-refractivity contribution in [1.82, 2.24) is 4.98 Å². The van der Waals surface area contributed by atoms with Crippen LogP contribution in [-0.2, 0) is 0 Å². The van der Waals surface area contributed by atoms with E-state index in [-0.39, 0.29) is 33.6 Å². The number of hydrogen-bond acceptors (Lipinski definition) is 9. The molecule has 53 heavy (non-hydrogen) atoms. The van der Waals surface area contributed by atoms with Crippen LogP contribution in [0.15, 0.2) is 121 Å². The number of nitro benzene ring substituents is 2. The monoisotopic (exact) mass is 721 g/mol. The minimum Gasteiger partial charge on any atom is -0.268 e. The highest BCUT2D eigenvalue weighted by Crippen LogP contribution is 2.38. The maximum Gasteiger partial charge on any atom is 0.283 e. The highest BCUT2D eigenvalue weighted by atomic mass is 35.5. The van der Waals surface area contributed by atoms with E-state index in [0.29, 0.717) is 27.5 Å². The first-order valence-electron chi connectivity index (χ1n) is 15.8. The number of nitro groups is 2. The zero-order valence-electron chi connectivity index (χ0n) is 26.9. The smallest absolute Gasteiger partial charge is 0.268 e. The van der Waals surface area contributed by atoms with E-state index >= 15 is 0 Å². The van der Waals surface area contributed by atoms with Crippen LogP contribution < -0.4 is 9.80 Å². The van der Waals surface area contributed by atoms with E-state index in [4.69, 9.17) is 16.6 Å². The van der Waals surface area contributed by atoms with Gasteiger partial charge in [0.1, 0.15) is 11.1 Å². The molecule has 0 saturated carbocycles. The first kappa shape index (κ1) is 32.8. The van der Waals surface area contributed by atoms with Gasteiger partial charge in [-0.3, -0.25) is 39.4 Å². The van der Waals surface area contributed by atoms with Gasteiger partial charge in [0.2, 0.25) is 0 Å². The lowest BCUT2D eigenvalue weighted by Crippen LogP contribution is -2.29. The second-order valence-electron chi connectivity index (χ2n) is 12.0. The molecule has 0 spiro atoms. The minimum absolute atomic E-state index is 0.0504. The highest BCUT2D eigenvalue weighted by Gasteiger charge is 2.43. The number of hydrogen-bond donors (Lipinski definition) is 0. The third-order valence-electron chi connectivity index (χ3n) is 9.02. The zero-order chi connectivity index (χ0) is 37.1. The Morgan fingerprint density at radius 1 is 0.491 bits per heavy atom. The lowest BCUT2D eigenvalue weighted by molar-refractivity contribution is -0.385. The molecule has 0 N–H and O–H groups in total. The van der Waals surface area contributed by atoms with Gasteiger partial charge in [-0.1, -0.05) is 60.1 Å². The van der Waals surface area contributed by atoms with E-state index in [1.165, 1.54) is 36.4 Å². The molecule has 8 rings (SSSR count). The predicted octanol–water partition coefficient (Wildman–Crippen LogP) is 8.15. The average molecular weight is 722 g/mol. The number of imide groups is 2. The van der Waals surface area contributed by atoms with Crippen LogP contribution in [0.25, 0.3) is 33.6 Å². The summed E-state index contributed by atoms with van der Waals surface area (Å²) in [7, 11) is 0. The van der Waals surface area contributed by atoms with Gasteiger partial charge in [0, 0.05) is 28.3 Å². The summed E-state index contributed by atoms with van der Waals surface area (Å²) in [6.07, 6.45) is 0. The molecule has 6 aromatic rings. The molecule has 0 aliphatic carbocycles. The van der Waals surface area contributed by atoms with Gasteiger partial charge < -0.3 is 0 Å². The summed E-state index contributed by atoms with van der Waals surface area (Å²) >= 11 is 6.16. The second kappa shape index (κ2) is 12.4. The van der Waals surface area contributed by atoms with Gasteiger partial charge >= 0.3 is 0 Å². The van der Waals surface area contributed by atoms with Gasteiger partial charge in [-0.15, -0.1) is 0 Å². The number of benzene rings is 5. The third kappa shape index (κ3) is 5.39. The number of halogens is 1. The summed E-state index contributed by atoms with van der Waals surface area (Å²) in [5.41, 5.74) is 2.81. The lowest BCUT2D eigenvalue weighted by Gasteiger charge is -2.16. The standard InChI is InChI=1S/C39H20ClN5O8/c40-25-13-7-21(8-14-25)24-19-30(22-9-15-26(16-10-22)42-36(46)28-3-1-5-32(44(50)51)34(28)38(42)48)41-31(20-24)23-11-17-27(18-12-23)43-37(47)29-4-2-6-33(45(52)53)35(29)39(43)49/h1-20H. The van der Waals surface area contributed by atoms with E-state index in [9.17, 15) is 39.4 Å². The van der Waals surface area contributed by atoms with Crippen molar-refractivity contribution in [1.29, 1.82) is 0 Å². The molecule has 0 fully saturated rings. The molecule has 0 unspecified atom stereocenters. The number of pyridine rings is 1. The Bertz CT molecular complexity index is 2450. The maximum absolute atomic E-state index is 13.3. The quantitative estimate of drug-likeness (QED) is 0.0895. The number of fused-ring (bicyclic) bond motifs is 2. The van der Waals surface area contributed by atoms with Crippen molar-refractivity contribution < 1.29 is 29.0 Å². The van der Waals surface area contributed by atoms with Crippen LogP contribution >= 0.6 is 11.6 Å². The Morgan fingerprint density at radius 3 is 1.28 bits per heavy atom. The zero-order valence-corrected chi connectivity index (χ0v) is 27.7. The van der Waals surface area contributed by atoms with E-state index in [1.54, 1.807) is 60.7 Å². The van der Waals surface area contributed by atoms with Crippen LogP contribution in [0.3, 0.4) is 0 Å². The number of rotatable bonds is 7. The van der Waals surface area contributed by atoms with E-state index in [2.05, 4.69) is 0 Å². The van der Waals surface area contributed by atoms with E-state index in [1.807, 2.05) is 24.3 Å². The first-order chi connectivity index (χ1) is 25.5. The van der Waals surface area contributed by atoms with Gasteiger partial charge in [-0.2, -0.15) is 0 Å². The third-order valence-corrected chi connectivity index (χ3v) is 9.28. The summed E-state index contributed by atoms with van der Waals surface area (Å²) in [5, 5.41) is 23.7. The van der Waals surface area contributed by atoms with Crippen LogP contribution in [0.2, 0.25) is 5.02 Å². The molecule has 5 aromatic carbocycles. The lowest BCUT2D eigenvalue weighted by atomic mass is 9.99. The molecule has 14 heteroatoms. The van der Waals surface area contributed by atoms with Crippen molar-refractivity contribution in [3.05, 3.63) is 169 Å². The molecule has 2 aliphatic rings. The molecular weight excluding hydrogens is 702 g/mol. The van der Waals surface area contributed by atoms with Gasteiger partial charge in [0.15, 0.2) is 0 Å². The number of carbonyl (C=O) groups excluding carboxylic acids is 4. The molecule has 1 aromatic heterocycles. The molecular formula is C39H20ClN5O8. The number of carbonyl (C=O) groups is 4. The van der Waals surface area contributed by atoms with Crippen LogP contribution in [-0.4, -0.2) is 38.5 Å². The highest BCUT2D eigenvalue weighted by molar-refractivity contribution is 6.36. The van der Waals surface area contributed by atoms with Crippen molar-refractivity contribution in [3.63, 3.8) is 0 Å². The van der Waals surface area contributed by atoms with E-state index in [0.717, 1.165) is 20.9 Å². The Balaban J connectivity index is 1.14. The summed E-state index contributed by atoms with van der Waals surface area (Å²) < 4.78 is 0. The fourth-order valence-corrected chi connectivity index (χ4v) is 6.63. The van der Waals surface area contributed by atoms with Gasteiger partial charge in [0.05, 0.1) is 43.7 Å². The Hall–Kier alpha value is -7.38. The number of nitrogens with zero attached hydrogens (tertiary/aromatic N) is 5. The summed E-state index contributed by atoms with van der Waals surface area (Å²) in [6.45, 7) is 0. The molecule has 3 heterocycles. The van der Waals surface area contributed by atoms with Gasteiger partial charge in [0.25, 0.3) is 35.0 Å². The van der Waals surface area contributed by atoms with Crippen molar-refractivity contribution in [2.45, 2.75) is 0 Å². The molecule has 2 aliphatic heterocycles. The number of aromatic nitrogens is 1. The second-order valence-corrected chi connectivity index (χ2v) is 12.5. The molecule has 13 nitrogen and oxygen atoms in total. The van der Waals surface area contributed by atoms with Crippen LogP contribution in [0.5, 0.6) is 0 Å². The van der Waals surface area contributed by atoms with Crippen LogP contribution in [0.4, 0.5) is 22.7 Å². The first-order valence-corrected chi connectivity index (χ1v) is 16.2. The maximum atomic E-state index is 13.3.